The lowest BCUT2D eigenvalue weighted by molar-refractivity contribution is -0.122. The van der Waals surface area contributed by atoms with E-state index in [-0.39, 0.29) is 29.6 Å². The summed E-state index contributed by atoms with van der Waals surface area (Å²) < 4.78 is 5.28. The van der Waals surface area contributed by atoms with E-state index in [1.807, 2.05) is 45.0 Å². The van der Waals surface area contributed by atoms with E-state index in [0.29, 0.717) is 5.88 Å². The van der Waals surface area contributed by atoms with E-state index in [4.69, 9.17) is 4.74 Å². The molecule has 1 heterocycles. The van der Waals surface area contributed by atoms with Gasteiger partial charge < -0.3 is 15.0 Å². The van der Waals surface area contributed by atoms with Gasteiger partial charge >= 0.3 is 0 Å². The van der Waals surface area contributed by atoms with Crippen LogP contribution < -0.4 is 10.1 Å². The number of likely N-dealkylation sites (N-methyl/N-ethyl adjacent to an activating group) is 1. The van der Waals surface area contributed by atoms with Crippen molar-refractivity contribution in [3.05, 3.63) is 36.0 Å². The van der Waals surface area contributed by atoms with Crippen LogP contribution in [0.5, 0.6) is 5.88 Å². The van der Waals surface area contributed by atoms with Crippen LogP contribution in [0.4, 0.5) is 0 Å². The van der Waals surface area contributed by atoms with E-state index < -0.39 is 0 Å². The van der Waals surface area contributed by atoms with Gasteiger partial charge in [-0.1, -0.05) is 18.2 Å². The average Bonchev–Trinajstić information content (AvgIpc) is 2.51. The number of benzene rings is 1. The highest BCUT2D eigenvalue weighted by Gasteiger charge is 2.20. The van der Waals surface area contributed by atoms with Crippen molar-refractivity contribution < 1.29 is 14.3 Å². The van der Waals surface area contributed by atoms with Crippen LogP contribution in [0.3, 0.4) is 0 Å². The van der Waals surface area contributed by atoms with Crippen LogP contribution in [0.1, 0.15) is 31.3 Å². The predicted octanol–water partition coefficient (Wildman–Crippen LogP) is 2.23. The van der Waals surface area contributed by atoms with Gasteiger partial charge in [-0.3, -0.25) is 9.59 Å². The van der Waals surface area contributed by atoms with Gasteiger partial charge in [0.2, 0.25) is 11.8 Å². The first-order valence-electron chi connectivity index (χ1n) is 7.71. The molecule has 0 aliphatic carbocycles. The monoisotopic (exact) mass is 329 g/mol. The smallest absolute Gasteiger partial charge is 0.272 e. The standard InChI is InChI=1S/C18H23N3O3/c1-18(2,3)20-15(22)11-21(4)17(23)14-10-12-8-6-7-9-13(12)16(19-14)24-5/h6-10H,11H2,1-5H3,(H,20,22). The topological polar surface area (TPSA) is 71.5 Å². The number of pyridine rings is 1. The van der Waals surface area contributed by atoms with Gasteiger partial charge in [0.05, 0.1) is 13.7 Å². The van der Waals surface area contributed by atoms with E-state index >= 15 is 0 Å². The maximum absolute atomic E-state index is 12.6. The van der Waals surface area contributed by atoms with Crippen molar-refractivity contribution >= 4 is 22.6 Å². The molecule has 128 valence electrons. The SMILES string of the molecule is COc1nc(C(=O)N(C)CC(=O)NC(C)(C)C)cc2ccccc12. The lowest BCUT2D eigenvalue weighted by Gasteiger charge is -2.23. The Morgan fingerprint density at radius 2 is 1.92 bits per heavy atom. The van der Waals surface area contributed by atoms with Crippen molar-refractivity contribution in [2.24, 2.45) is 0 Å². The molecule has 0 atom stereocenters. The molecule has 1 aromatic carbocycles. The van der Waals surface area contributed by atoms with Gasteiger partial charge in [-0.05, 0) is 38.3 Å². The molecule has 1 aromatic heterocycles. The summed E-state index contributed by atoms with van der Waals surface area (Å²) in [6.45, 7) is 5.64. The maximum Gasteiger partial charge on any atom is 0.272 e. The fourth-order valence-corrected chi connectivity index (χ4v) is 2.37. The first kappa shape index (κ1) is 17.7. The number of nitrogens with zero attached hydrogens (tertiary/aromatic N) is 2. The summed E-state index contributed by atoms with van der Waals surface area (Å²) in [4.78, 5) is 30.2. The van der Waals surface area contributed by atoms with Crippen molar-refractivity contribution in [2.75, 3.05) is 20.7 Å². The highest BCUT2D eigenvalue weighted by atomic mass is 16.5. The Balaban J connectivity index is 2.23. The molecule has 0 bridgehead atoms. The molecule has 0 unspecified atom stereocenters. The van der Waals surface area contributed by atoms with Crippen molar-refractivity contribution in [3.8, 4) is 5.88 Å². The quantitative estimate of drug-likeness (QED) is 0.934. The van der Waals surface area contributed by atoms with Crippen LogP contribution in [0.25, 0.3) is 10.8 Å². The Hall–Kier alpha value is -2.63. The summed E-state index contributed by atoms with van der Waals surface area (Å²) in [6.07, 6.45) is 0. The fraction of sp³-hybridized carbons (Fsp3) is 0.389. The number of fused-ring (bicyclic) bond motifs is 1. The van der Waals surface area contributed by atoms with E-state index in [0.717, 1.165) is 10.8 Å². The van der Waals surface area contributed by atoms with Crippen LogP contribution in [-0.2, 0) is 4.79 Å². The number of carbonyl (C=O) groups excluding carboxylic acids is 2. The highest BCUT2D eigenvalue weighted by molar-refractivity contribution is 5.99. The summed E-state index contributed by atoms with van der Waals surface area (Å²) in [5, 5.41) is 4.53. The zero-order chi connectivity index (χ0) is 17.9. The third kappa shape index (κ3) is 4.22. The number of nitrogens with one attached hydrogen (secondary N) is 1. The molecule has 24 heavy (non-hydrogen) atoms. The van der Waals surface area contributed by atoms with Gasteiger partial charge in [0, 0.05) is 18.0 Å². The third-order valence-electron chi connectivity index (χ3n) is 3.36. The molecule has 0 radical (unpaired) electrons. The largest absolute Gasteiger partial charge is 0.481 e. The molecule has 0 aliphatic heterocycles. The van der Waals surface area contributed by atoms with Crippen LogP contribution in [-0.4, -0.2) is 47.9 Å². The molecule has 0 fully saturated rings. The zero-order valence-corrected chi connectivity index (χ0v) is 14.7. The van der Waals surface area contributed by atoms with E-state index in [1.165, 1.54) is 12.0 Å². The molecular formula is C18H23N3O3. The van der Waals surface area contributed by atoms with Crippen molar-refractivity contribution in [1.82, 2.24) is 15.2 Å². The Morgan fingerprint density at radius 1 is 1.25 bits per heavy atom. The summed E-state index contributed by atoms with van der Waals surface area (Å²) in [7, 11) is 3.09. The van der Waals surface area contributed by atoms with Gasteiger partial charge in [-0.2, -0.15) is 0 Å². The molecular weight excluding hydrogens is 306 g/mol. The summed E-state index contributed by atoms with van der Waals surface area (Å²) in [5.74, 6) is -0.154. The fourth-order valence-electron chi connectivity index (χ4n) is 2.37. The van der Waals surface area contributed by atoms with Crippen LogP contribution >= 0.6 is 0 Å². The second-order valence-corrected chi connectivity index (χ2v) is 6.70. The number of ether oxygens (including phenoxy) is 1. The Bertz CT molecular complexity index is 766. The third-order valence-corrected chi connectivity index (χ3v) is 3.36. The molecule has 0 saturated heterocycles. The first-order chi connectivity index (χ1) is 11.2. The van der Waals surface area contributed by atoms with Crippen LogP contribution in [0.15, 0.2) is 30.3 Å². The van der Waals surface area contributed by atoms with Crippen molar-refractivity contribution in [1.29, 1.82) is 0 Å². The molecule has 2 aromatic rings. The molecule has 2 amide bonds. The molecule has 2 rings (SSSR count). The van der Waals surface area contributed by atoms with Gasteiger partial charge in [0.1, 0.15) is 5.69 Å². The van der Waals surface area contributed by atoms with Gasteiger partial charge in [-0.15, -0.1) is 0 Å². The minimum Gasteiger partial charge on any atom is -0.481 e. The number of amides is 2. The lowest BCUT2D eigenvalue weighted by atomic mass is 10.1. The van der Waals surface area contributed by atoms with Gasteiger partial charge in [0.25, 0.3) is 5.91 Å². The first-order valence-corrected chi connectivity index (χ1v) is 7.71. The number of rotatable bonds is 4. The second-order valence-electron chi connectivity index (χ2n) is 6.70. The minimum absolute atomic E-state index is 0.0348. The lowest BCUT2D eigenvalue weighted by Crippen LogP contribution is -2.46. The summed E-state index contributed by atoms with van der Waals surface area (Å²) in [5.41, 5.74) is -0.0950. The van der Waals surface area contributed by atoms with Crippen molar-refractivity contribution in [3.63, 3.8) is 0 Å². The maximum atomic E-state index is 12.6. The van der Waals surface area contributed by atoms with E-state index in [9.17, 15) is 9.59 Å². The molecule has 0 aliphatic rings. The number of methoxy groups -OCH3 is 1. The number of aromatic nitrogens is 1. The minimum atomic E-state index is -0.342. The molecule has 1 N–H and O–H groups in total. The summed E-state index contributed by atoms with van der Waals surface area (Å²) in [6, 6.07) is 9.25. The number of hydrogen-bond acceptors (Lipinski definition) is 4. The second kappa shape index (κ2) is 6.86. The Morgan fingerprint density at radius 3 is 2.54 bits per heavy atom. The molecule has 0 saturated carbocycles. The average molecular weight is 329 g/mol. The molecule has 6 nitrogen and oxygen atoms in total. The van der Waals surface area contributed by atoms with Crippen LogP contribution in [0, 0.1) is 0 Å². The van der Waals surface area contributed by atoms with Gasteiger partial charge in [0.15, 0.2) is 0 Å². The molecule has 6 heteroatoms. The zero-order valence-electron chi connectivity index (χ0n) is 14.7. The summed E-state index contributed by atoms with van der Waals surface area (Å²) >= 11 is 0. The van der Waals surface area contributed by atoms with Gasteiger partial charge in [-0.25, -0.2) is 4.98 Å². The normalized spacial score (nSPS) is 11.2. The van der Waals surface area contributed by atoms with Crippen LogP contribution in [0.2, 0.25) is 0 Å². The van der Waals surface area contributed by atoms with E-state index in [2.05, 4.69) is 10.3 Å². The Labute approximate surface area is 141 Å². The number of carbonyl (C=O) groups is 2. The number of hydrogen-bond donors (Lipinski definition) is 1. The molecule has 0 spiro atoms. The van der Waals surface area contributed by atoms with Crippen molar-refractivity contribution in [2.45, 2.75) is 26.3 Å². The Kier molecular flexibility index (Phi) is 5.07. The highest BCUT2D eigenvalue weighted by Crippen LogP contribution is 2.24. The van der Waals surface area contributed by atoms with E-state index in [1.54, 1.807) is 13.1 Å². The predicted molar refractivity (Wildman–Crippen MR) is 93.2 cm³/mol.